The average Bonchev–Trinajstić information content (AvgIpc) is 2.23. The minimum atomic E-state index is -4.87. The molecule has 0 saturated carbocycles. The molecule has 1 N–H and O–H groups in total. The number of alkyl halides is 6. The molecule has 0 radical (unpaired) electrons. The largest absolute Gasteiger partial charge is 0.478 e. The van der Waals surface area contributed by atoms with Crippen LogP contribution in [0.3, 0.4) is 0 Å². The number of benzene rings is 1. The van der Waals surface area contributed by atoms with Crippen molar-refractivity contribution in [2.75, 3.05) is 0 Å². The van der Waals surface area contributed by atoms with Crippen LogP contribution in [0.25, 0.3) is 6.08 Å². The van der Waals surface area contributed by atoms with Crippen molar-refractivity contribution in [2.24, 2.45) is 0 Å². The summed E-state index contributed by atoms with van der Waals surface area (Å²) in [6.07, 6.45) is -8.87. The molecule has 0 unspecified atom stereocenters. The summed E-state index contributed by atoms with van der Waals surface area (Å²) >= 11 is 0. The van der Waals surface area contributed by atoms with Gasteiger partial charge < -0.3 is 5.11 Å². The molecule has 2 nitrogen and oxygen atoms in total. The third kappa shape index (κ3) is 4.01. The number of carboxylic acids is 1. The molecule has 0 aliphatic heterocycles. The monoisotopic (exact) mass is 284 g/mol. The number of hydrogen-bond donors (Lipinski definition) is 1. The van der Waals surface area contributed by atoms with Crippen molar-refractivity contribution in [3.63, 3.8) is 0 Å². The fraction of sp³-hybridized carbons (Fsp3) is 0.182. The minimum Gasteiger partial charge on any atom is -0.478 e. The van der Waals surface area contributed by atoms with Crippen molar-refractivity contribution in [3.05, 3.63) is 41.0 Å². The zero-order valence-electron chi connectivity index (χ0n) is 9.01. The highest BCUT2D eigenvalue weighted by Gasteiger charge is 2.36. The third-order valence-electron chi connectivity index (χ3n) is 2.09. The molecule has 0 aromatic heterocycles. The Hall–Kier alpha value is -1.99. The molecule has 0 spiro atoms. The van der Waals surface area contributed by atoms with Crippen molar-refractivity contribution in [3.8, 4) is 0 Å². The summed E-state index contributed by atoms with van der Waals surface area (Å²) in [7, 11) is 0. The van der Waals surface area contributed by atoms with Crippen LogP contribution in [0.15, 0.2) is 24.3 Å². The molecule has 0 atom stereocenters. The van der Waals surface area contributed by atoms with Gasteiger partial charge in [-0.3, -0.25) is 0 Å². The van der Waals surface area contributed by atoms with Gasteiger partial charge in [0.2, 0.25) is 0 Å². The second-order valence-electron chi connectivity index (χ2n) is 3.47. The van der Waals surface area contributed by atoms with Crippen molar-refractivity contribution < 1.29 is 36.2 Å². The van der Waals surface area contributed by atoms with Crippen molar-refractivity contribution in [1.82, 2.24) is 0 Å². The van der Waals surface area contributed by atoms with Gasteiger partial charge >= 0.3 is 18.3 Å². The Balaban J connectivity index is 3.39. The summed E-state index contributed by atoms with van der Waals surface area (Å²) in [4.78, 5) is 10.2. The van der Waals surface area contributed by atoms with Gasteiger partial charge in [-0.15, -0.1) is 0 Å². The standard InChI is InChI=1S/C11H6F6O2/c12-10(13,14)7-2-3-8(11(15,16)17)6(5-7)1-4-9(18)19/h1-5H,(H,18,19)/b4-1+. The van der Waals surface area contributed by atoms with E-state index in [4.69, 9.17) is 5.11 Å². The van der Waals surface area contributed by atoms with E-state index in [2.05, 4.69) is 0 Å². The number of rotatable bonds is 2. The van der Waals surface area contributed by atoms with Crippen LogP contribution in [0, 0.1) is 0 Å². The van der Waals surface area contributed by atoms with E-state index in [0.29, 0.717) is 18.2 Å². The van der Waals surface area contributed by atoms with Crippen molar-refractivity contribution in [1.29, 1.82) is 0 Å². The van der Waals surface area contributed by atoms with Gasteiger partial charge in [-0.1, -0.05) is 0 Å². The number of hydrogen-bond acceptors (Lipinski definition) is 1. The van der Waals surface area contributed by atoms with Crippen molar-refractivity contribution in [2.45, 2.75) is 12.4 Å². The summed E-state index contributed by atoms with van der Waals surface area (Å²) in [5.41, 5.74) is -3.48. The highest BCUT2D eigenvalue weighted by molar-refractivity contribution is 5.85. The summed E-state index contributed by atoms with van der Waals surface area (Å²) in [5.74, 6) is -1.56. The zero-order valence-corrected chi connectivity index (χ0v) is 9.01. The molecule has 0 aliphatic carbocycles. The summed E-state index contributed by atoms with van der Waals surface area (Å²) in [6.45, 7) is 0. The Kier molecular flexibility index (Phi) is 3.92. The highest BCUT2D eigenvalue weighted by Crippen LogP contribution is 2.36. The van der Waals surface area contributed by atoms with Crippen LogP contribution in [-0.4, -0.2) is 11.1 Å². The van der Waals surface area contributed by atoms with E-state index < -0.39 is 35.0 Å². The van der Waals surface area contributed by atoms with Gasteiger partial charge in [-0.25, -0.2) is 4.79 Å². The maximum Gasteiger partial charge on any atom is 0.416 e. The zero-order chi connectivity index (χ0) is 14.8. The lowest BCUT2D eigenvalue weighted by atomic mass is 10.0. The van der Waals surface area contributed by atoms with Gasteiger partial charge in [0.25, 0.3) is 0 Å². The Labute approximate surface area is 103 Å². The quantitative estimate of drug-likeness (QED) is 0.662. The molecule has 8 heteroatoms. The predicted molar refractivity (Wildman–Crippen MR) is 53.1 cm³/mol. The molecule has 0 saturated heterocycles. The molecule has 1 aromatic carbocycles. The molecule has 104 valence electrons. The molecule has 0 bridgehead atoms. The maximum atomic E-state index is 12.5. The molecule has 0 fully saturated rings. The predicted octanol–water partition coefficient (Wildman–Crippen LogP) is 3.82. The van der Waals surface area contributed by atoms with Crippen LogP contribution in [-0.2, 0) is 17.1 Å². The Morgan fingerprint density at radius 2 is 1.63 bits per heavy atom. The van der Waals surface area contributed by atoms with Gasteiger partial charge in [0.1, 0.15) is 0 Å². The molecule has 1 rings (SSSR count). The van der Waals surface area contributed by atoms with Crippen LogP contribution in [0.5, 0.6) is 0 Å². The van der Waals surface area contributed by atoms with Crippen LogP contribution in [0.1, 0.15) is 16.7 Å². The Morgan fingerprint density at radius 3 is 2.05 bits per heavy atom. The van der Waals surface area contributed by atoms with Crippen LogP contribution < -0.4 is 0 Å². The van der Waals surface area contributed by atoms with E-state index in [-0.39, 0.29) is 12.1 Å². The van der Waals surface area contributed by atoms with Gasteiger partial charge in [0.15, 0.2) is 0 Å². The molecule has 1 aromatic rings. The smallest absolute Gasteiger partial charge is 0.416 e. The van der Waals surface area contributed by atoms with E-state index in [1.54, 1.807) is 0 Å². The lowest BCUT2D eigenvalue weighted by molar-refractivity contribution is -0.141. The molecule has 0 heterocycles. The third-order valence-corrected chi connectivity index (χ3v) is 2.09. The highest BCUT2D eigenvalue weighted by atomic mass is 19.4. The number of carbonyl (C=O) groups is 1. The van der Waals surface area contributed by atoms with Crippen LogP contribution >= 0.6 is 0 Å². The van der Waals surface area contributed by atoms with Gasteiger partial charge in [0.05, 0.1) is 11.1 Å². The molecule has 0 amide bonds. The van der Waals surface area contributed by atoms with Gasteiger partial charge in [-0.05, 0) is 29.8 Å². The maximum absolute atomic E-state index is 12.5. The van der Waals surface area contributed by atoms with Gasteiger partial charge in [0, 0.05) is 6.08 Å². The first kappa shape index (κ1) is 15.1. The molecular weight excluding hydrogens is 278 g/mol. The second kappa shape index (κ2) is 4.94. The number of halogens is 6. The van der Waals surface area contributed by atoms with E-state index in [0.717, 1.165) is 0 Å². The van der Waals surface area contributed by atoms with E-state index >= 15 is 0 Å². The summed E-state index contributed by atoms with van der Waals surface area (Å²) in [6, 6.07) is 0.813. The molecule has 0 aliphatic rings. The topological polar surface area (TPSA) is 37.3 Å². The Bertz CT molecular complexity index is 513. The normalized spacial score (nSPS) is 12.9. The van der Waals surface area contributed by atoms with E-state index in [1.165, 1.54) is 0 Å². The fourth-order valence-corrected chi connectivity index (χ4v) is 1.30. The number of carboxylic acid groups (broad SMARTS) is 1. The van der Waals surface area contributed by atoms with Crippen LogP contribution in [0.4, 0.5) is 26.3 Å². The van der Waals surface area contributed by atoms with E-state index in [1.807, 2.05) is 0 Å². The fourth-order valence-electron chi connectivity index (χ4n) is 1.30. The first-order valence-corrected chi connectivity index (χ1v) is 4.71. The lowest BCUT2D eigenvalue weighted by Gasteiger charge is -2.13. The summed E-state index contributed by atoms with van der Waals surface area (Å²) in [5, 5.41) is 8.31. The molecular formula is C11H6F6O2. The number of aliphatic carboxylic acids is 1. The SMILES string of the molecule is O=C(O)/C=C/c1cc(C(F)(F)F)ccc1C(F)(F)F. The first-order valence-electron chi connectivity index (χ1n) is 4.71. The van der Waals surface area contributed by atoms with Crippen molar-refractivity contribution >= 4 is 12.0 Å². The summed E-state index contributed by atoms with van der Waals surface area (Å²) < 4.78 is 74.7. The average molecular weight is 284 g/mol. The molecule has 19 heavy (non-hydrogen) atoms. The first-order chi connectivity index (χ1) is 8.51. The second-order valence-corrected chi connectivity index (χ2v) is 3.47. The van der Waals surface area contributed by atoms with E-state index in [9.17, 15) is 31.1 Å². The van der Waals surface area contributed by atoms with Crippen LogP contribution in [0.2, 0.25) is 0 Å². The Morgan fingerprint density at radius 1 is 1.05 bits per heavy atom. The lowest BCUT2D eigenvalue weighted by Crippen LogP contribution is -2.11. The minimum absolute atomic E-state index is 0.252. The van der Waals surface area contributed by atoms with Gasteiger partial charge in [-0.2, -0.15) is 26.3 Å².